The first-order valence-corrected chi connectivity index (χ1v) is 6.11. The number of aryl methyl sites for hydroxylation is 1. The van der Waals surface area contributed by atoms with Crippen molar-refractivity contribution in [1.82, 2.24) is 0 Å². The van der Waals surface area contributed by atoms with Crippen LogP contribution < -0.4 is 4.74 Å². The van der Waals surface area contributed by atoms with Gasteiger partial charge < -0.3 is 9.84 Å². The van der Waals surface area contributed by atoms with Crippen LogP contribution in [0.15, 0.2) is 36.4 Å². The van der Waals surface area contributed by atoms with E-state index >= 15 is 0 Å². The molecule has 2 rings (SSSR count). The molecule has 2 aromatic carbocycles. The van der Waals surface area contributed by atoms with E-state index in [0.29, 0.717) is 6.61 Å². The summed E-state index contributed by atoms with van der Waals surface area (Å²) < 4.78 is 5.60. The van der Waals surface area contributed by atoms with Gasteiger partial charge in [-0.25, -0.2) is 0 Å². The van der Waals surface area contributed by atoms with Crippen molar-refractivity contribution in [2.24, 2.45) is 0 Å². The van der Waals surface area contributed by atoms with Gasteiger partial charge >= 0.3 is 0 Å². The maximum Gasteiger partial charge on any atom is 0.123 e. The Labute approximate surface area is 102 Å². The summed E-state index contributed by atoms with van der Waals surface area (Å²) in [6.07, 6.45) is 2.09. The Balaban J connectivity index is 2.47. The maximum absolute atomic E-state index is 8.84. The van der Waals surface area contributed by atoms with Gasteiger partial charge in [0.1, 0.15) is 12.4 Å². The lowest BCUT2D eigenvalue weighted by Crippen LogP contribution is -2.04. The standard InChI is InChI=1S/C15H18O2/c1-2-5-14-13-7-4-3-6-12(13)8-9-15(14)17-11-10-16/h3-4,6-9,16H,2,5,10-11H2,1H3. The van der Waals surface area contributed by atoms with Crippen LogP contribution in [0.1, 0.15) is 18.9 Å². The van der Waals surface area contributed by atoms with E-state index in [2.05, 4.69) is 31.2 Å². The van der Waals surface area contributed by atoms with Gasteiger partial charge in [0.2, 0.25) is 0 Å². The van der Waals surface area contributed by atoms with Crippen molar-refractivity contribution in [2.45, 2.75) is 19.8 Å². The monoisotopic (exact) mass is 230 g/mol. The fourth-order valence-electron chi connectivity index (χ4n) is 2.11. The zero-order chi connectivity index (χ0) is 12.1. The van der Waals surface area contributed by atoms with Gasteiger partial charge in [-0.05, 0) is 23.3 Å². The van der Waals surface area contributed by atoms with Crippen molar-refractivity contribution >= 4 is 10.8 Å². The van der Waals surface area contributed by atoms with Crippen LogP contribution in [0.3, 0.4) is 0 Å². The Bertz CT molecular complexity index is 491. The minimum absolute atomic E-state index is 0.0540. The fraction of sp³-hybridized carbons (Fsp3) is 0.333. The van der Waals surface area contributed by atoms with Crippen molar-refractivity contribution in [3.63, 3.8) is 0 Å². The van der Waals surface area contributed by atoms with Crippen LogP contribution in [-0.2, 0) is 6.42 Å². The number of benzene rings is 2. The van der Waals surface area contributed by atoms with Gasteiger partial charge in [0.15, 0.2) is 0 Å². The van der Waals surface area contributed by atoms with Gasteiger partial charge in [-0.3, -0.25) is 0 Å². The van der Waals surface area contributed by atoms with Gasteiger partial charge in [-0.15, -0.1) is 0 Å². The minimum Gasteiger partial charge on any atom is -0.491 e. The largest absolute Gasteiger partial charge is 0.491 e. The lowest BCUT2D eigenvalue weighted by Gasteiger charge is -2.13. The molecule has 0 bridgehead atoms. The number of aliphatic hydroxyl groups is 1. The van der Waals surface area contributed by atoms with E-state index in [9.17, 15) is 0 Å². The highest BCUT2D eigenvalue weighted by Crippen LogP contribution is 2.29. The molecule has 0 atom stereocenters. The van der Waals surface area contributed by atoms with Crippen LogP contribution in [-0.4, -0.2) is 18.3 Å². The van der Waals surface area contributed by atoms with Crippen molar-refractivity contribution in [2.75, 3.05) is 13.2 Å². The molecule has 0 radical (unpaired) electrons. The second-order valence-electron chi connectivity index (χ2n) is 4.09. The molecular formula is C15H18O2. The van der Waals surface area contributed by atoms with Gasteiger partial charge in [-0.2, -0.15) is 0 Å². The molecule has 17 heavy (non-hydrogen) atoms. The minimum atomic E-state index is 0.0540. The Kier molecular flexibility index (Phi) is 3.99. The number of fused-ring (bicyclic) bond motifs is 1. The molecule has 1 N–H and O–H groups in total. The summed E-state index contributed by atoms with van der Waals surface area (Å²) in [6.45, 7) is 2.57. The Morgan fingerprint density at radius 3 is 2.71 bits per heavy atom. The second-order valence-corrected chi connectivity index (χ2v) is 4.09. The van der Waals surface area contributed by atoms with Crippen LogP contribution in [0.2, 0.25) is 0 Å². The highest BCUT2D eigenvalue weighted by Gasteiger charge is 2.07. The predicted octanol–water partition coefficient (Wildman–Crippen LogP) is 3.16. The molecule has 2 aromatic rings. The molecule has 0 aromatic heterocycles. The average Bonchev–Trinajstić information content (AvgIpc) is 2.38. The molecule has 0 fully saturated rings. The summed E-state index contributed by atoms with van der Waals surface area (Å²) in [5, 5.41) is 11.3. The zero-order valence-corrected chi connectivity index (χ0v) is 10.1. The first-order chi connectivity index (χ1) is 8.36. The van der Waals surface area contributed by atoms with Crippen LogP contribution >= 0.6 is 0 Å². The van der Waals surface area contributed by atoms with Gasteiger partial charge in [0, 0.05) is 5.56 Å². The van der Waals surface area contributed by atoms with Crippen LogP contribution in [0.25, 0.3) is 10.8 Å². The summed E-state index contributed by atoms with van der Waals surface area (Å²) in [6, 6.07) is 12.4. The van der Waals surface area contributed by atoms with Crippen molar-refractivity contribution in [3.05, 3.63) is 42.0 Å². The Morgan fingerprint density at radius 2 is 1.94 bits per heavy atom. The van der Waals surface area contributed by atoms with Crippen molar-refractivity contribution in [1.29, 1.82) is 0 Å². The molecule has 0 spiro atoms. The van der Waals surface area contributed by atoms with Crippen LogP contribution in [0.4, 0.5) is 0 Å². The summed E-state index contributed by atoms with van der Waals surface area (Å²) >= 11 is 0. The van der Waals surface area contributed by atoms with E-state index in [1.54, 1.807) is 0 Å². The van der Waals surface area contributed by atoms with Crippen LogP contribution in [0, 0.1) is 0 Å². The smallest absolute Gasteiger partial charge is 0.123 e. The quantitative estimate of drug-likeness (QED) is 0.855. The third kappa shape index (κ3) is 2.59. The Morgan fingerprint density at radius 1 is 1.12 bits per heavy atom. The molecule has 0 saturated carbocycles. The molecule has 2 nitrogen and oxygen atoms in total. The topological polar surface area (TPSA) is 29.5 Å². The highest BCUT2D eigenvalue weighted by molar-refractivity contribution is 5.87. The molecular weight excluding hydrogens is 212 g/mol. The van der Waals surface area contributed by atoms with E-state index in [1.165, 1.54) is 16.3 Å². The lowest BCUT2D eigenvalue weighted by molar-refractivity contribution is 0.200. The van der Waals surface area contributed by atoms with Crippen LogP contribution in [0.5, 0.6) is 5.75 Å². The van der Waals surface area contributed by atoms with E-state index < -0.39 is 0 Å². The molecule has 0 unspecified atom stereocenters. The SMILES string of the molecule is CCCc1c(OCCO)ccc2ccccc12. The van der Waals surface area contributed by atoms with Gasteiger partial charge in [-0.1, -0.05) is 43.7 Å². The summed E-state index contributed by atoms with van der Waals surface area (Å²) in [5.41, 5.74) is 1.25. The van der Waals surface area contributed by atoms with Crippen molar-refractivity contribution in [3.8, 4) is 5.75 Å². The van der Waals surface area contributed by atoms with E-state index in [-0.39, 0.29) is 6.61 Å². The molecule has 2 heteroatoms. The molecule has 90 valence electrons. The Hall–Kier alpha value is -1.54. The van der Waals surface area contributed by atoms with E-state index in [1.807, 2.05) is 12.1 Å². The third-order valence-electron chi connectivity index (χ3n) is 2.85. The molecule has 0 aliphatic rings. The summed E-state index contributed by atoms with van der Waals surface area (Å²) in [7, 11) is 0. The predicted molar refractivity (Wildman–Crippen MR) is 70.5 cm³/mol. The number of hydrogen-bond acceptors (Lipinski definition) is 2. The highest BCUT2D eigenvalue weighted by atomic mass is 16.5. The molecule has 0 amide bonds. The first kappa shape index (κ1) is 11.9. The normalized spacial score (nSPS) is 10.7. The van der Waals surface area contributed by atoms with Gasteiger partial charge in [0.25, 0.3) is 0 Å². The van der Waals surface area contributed by atoms with E-state index in [0.717, 1.165) is 18.6 Å². The van der Waals surface area contributed by atoms with Crippen molar-refractivity contribution < 1.29 is 9.84 Å². The molecule has 0 heterocycles. The summed E-state index contributed by atoms with van der Waals surface area (Å²) in [4.78, 5) is 0. The number of aliphatic hydroxyl groups excluding tert-OH is 1. The zero-order valence-electron chi connectivity index (χ0n) is 10.1. The maximum atomic E-state index is 8.84. The van der Waals surface area contributed by atoms with E-state index in [4.69, 9.17) is 9.84 Å². The summed E-state index contributed by atoms with van der Waals surface area (Å²) in [5.74, 6) is 0.902. The fourth-order valence-corrected chi connectivity index (χ4v) is 2.11. The molecule has 0 aliphatic heterocycles. The van der Waals surface area contributed by atoms with Gasteiger partial charge in [0.05, 0.1) is 6.61 Å². The number of hydrogen-bond donors (Lipinski definition) is 1. The molecule has 0 saturated heterocycles. The lowest BCUT2D eigenvalue weighted by atomic mass is 10.00. The second kappa shape index (κ2) is 5.69. The number of ether oxygens (including phenoxy) is 1. The third-order valence-corrected chi connectivity index (χ3v) is 2.85. The average molecular weight is 230 g/mol. The molecule has 0 aliphatic carbocycles. The first-order valence-electron chi connectivity index (χ1n) is 6.11. The number of rotatable bonds is 5.